The van der Waals surface area contributed by atoms with Gasteiger partial charge >= 0.3 is 0 Å². The number of hydrogen-bond donors (Lipinski definition) is 1. The molecule has 0 radical (unpaired) electrons. The van der Waals surface area contributed by atoms with E-state index in [1.54, 1.807) is 18.2 Å². The van der Waals surface area contributed by atoms with Gasteiger partial charge in [0.05, 0.1) is 10.9 Å². The lowest BCUT2D eigenvalue weighted by Gasteiger charge is -2.31. The summed E-state index contributed by atoms with van der Waals surface area (Å²) in [5.74, 6) is -0.217. The number of hydrogen-bond acceptors (Lipinski definition) is 3. The fraction of sp³-hybridized carbons (Fsp3) is 0.409. The first-order valence-corrected chi connectivity index (χ1v) is 11.6. The van der Waals surface area contributed by atoms with Crippen LogP contribution in [0.25, 0.3) is 0 Å². The van der Waals surface area contributed by atoms with Gasteiger partial charge in [-0.1, -0.05) is 35.9 Å². The van der Waals surface area contributed by atoms with Crippen molar-refractivity contribution in [3.05, 3.63) is 64.2 Å². The van der Waals surface area contributed by atoms with E-state index in [2.05, 4.69) is 5.32 Å². The van der Waals surface area contributed by atoms with Crippen molar-refractivity contribution in [1.29, 1.82) is 0 Å². The molecule has 5 nitrogen and oxygen atoms in total. The molecule has 2 aromatic carbocycles. The molecule has 1 fully saturated rings. The van der Waals surface area contributed by atoms with Crippen LogP contribution in [0.1, 0.15) is 42.5 Å². The van der Waals surface area contributed by atoms with Crippen molar-refractivity contribution < 1.29 is 13.2 Å². The number of sulfonamides is 1. The van der Waals surface area contributed by atoms with Crippen molar-refractivity contribution in [3.63, 3.8) is 0 Å². The second-order valence-corrected chi connectivity index (χ2v) is 10.1. The van der Waals surface area contributed by atoms with Gasteiger partial charge in [0.1, 0.15) is 0 Å². The highest BCUT2D eigenvalue weighted by Crippen LogP contribution is 2.27. The minimum absolute atomic E-state index is 0.0313. The Morgan fingerprint density at radius 2 is 1.72 bits per heavy atom. The van der Waals surface area contributed by atoms with Gasteiger partial charge in [-0.15, -0.1) is 0 Å². The van der Waals surface area contributed by atoms with Crippen molar-refractivity contribution >= 4 is 27.5 Å². The van der Waals surface area contributed by atoms with Gasteiger partial charge in [-0.25, -0.2) is 8.42 Å². The molecule has 3 rings (SSSR count). The molecular weight excluding hydrogens is 408 g/mol. The standard InChI is InChI=1S/C22H27ClN2O3S/c1-15-4-5-16(2)21(14-15)29(27,28)25-12-10-19(11-13-25)22(26)24-17(3)18-6-8-20(23)9-7-18/h4-9,14,17,19H,10-13H2,1-3H3,(H,24,26). The summed E-state index contributed by atoms with van der Waals surface area (Å²) >= 11 is 5.92. The molecule has 1 aliphatic rings. The van der Waals surface area contributed by atoms with Crippen LogP contribution in [0.2, 0.25) is 5.02 Å². The number of nitrogens with one attached hydrogen (secondary N) is 1. The SMILES string of the molecule is Cc1ccc(C)c(S(=O)(=O)N2CCC(C(=O)NC(C)c3ccc(Cl)cc3)CC2)c1. The van der Waals surface area contributed by atoms with E-state index in [1.165, 1.54) is 4.31 Å². The van der Waals surface area contributed by atoms with Gasteiger partial charge in [-0.3, -0.25) is 4.79 Å². The summed E-state index contributed by atoms with van der Waals surface area (Å²) in [6.45, 7) is 6.33. The summed E-state index contributed by atoms with van der Waals surface area (Å²) in [7, 11) is -3.55. The highest BCUT2D eigenvalue weighted by Gasteiger charge is 2.33. The molecular formula is C22H27ClN2O3S. The van der Waals surface area contributed by atoms with Gasteiger partial charge in [0.25, 0.3) is 0 Å². The molecule has 29 heavy (non-hydrogen) atoms. The van der Waals surface area contributed by atoms with Crippen molar-refractivity contribution in [3.8, 4) is 0 Å². The molecule has 1 aliphatic heterocycles. The molecule has 0 bridgehead atoms. The zero-order chi connectivity index (χ0) is 21.2. The molecule has 1 saturated heterocycles. The molecule has 0 saturated carbocycles. The highest BCUT2D eigenvalue weighted by atomic mass is 35.5. The normalized spacial score (nSPS) is 17.1. The Hall–Kier alpha value is -1.89. The predicted octanol–water partition coefficient (Wildman–Crippen LogP) is 4.23. The summed E-state index contributed by atoms with van der Waals surface area (Å²) < 4.78 is 27.6. The second kappa shape index (κ2) is 8.86. The van der Waals surface area contributed by atoms with Crippen LogP contribution in [-0.4, -0.2) is 31.7 Å². The predicted molar refractivity (Wildman–Crippen MR) is 115 cm³/mol. The largest absolute Gasteiger partial charge is 0.349 e. The first-order chi connectivity index (χ1) is 13.7. The number of carbonyl (C=O) groups is 1. The first-order valence-electron chi connectivity index (χ1n) is 9.81. The summed E-state index contributed by atoms with van der Waals surface area (Å²) in [6.07, 6.45) is 1.03. The quantitative estimate of drug-likeness (QED) is 0.765. The highest BCUT2D eigenvalue weighted by molar-refractivity contribution is 7.89. The number of nitrogens with zero attached hydrogens (tertiary/aromatic N) is 1. The Labute approximate surface area is 178 Å². The van der Waals surface area contributed by atoms with Crippen molar-refractivity contribution in [2.45, 2.75) is 44.6 Å². The average Bonchev–Trinajstić information content (AvgIpc) is 2.70. The van der Waals surface area contributed by atoms with Crippen LogP contribution < -0.4 is 5.32 Å². The summed E-state index contributed by atoms with van der Waals surface area (Å²) in [6, 6.07) is 12.7. The Morgan fingerprint density at radius 1 is 1.10 bits per heavy atom. The fourth-order valence-corrected chi connectivity index (χ4v) is 5.55. The van der Waals surface area contributed by atoms with E-state index in [1.807, 2.05) is 45.0 Å². The maximum absolute atomic E-state index is 13.0. The Kier molecular flexibility index (Phi) is 6.66. The topological polar surface area (TPSA) is 66.5 Å². The number of amides is 1. The lowest BCUT2D eigenvalue weighted by atomic mass is 9.96. The van der Waals surface area contributed by atoms with Crippen LogP contribution in [-0.2, 0) is 14.8 Å². The molecule has 1 unspecified atom stereocenters. The molecule has 7 heteroatoms. The molecule has 1 amide bonds. The molecule has 2 aromatic rings. The molecule has 156 valence electrons. The number of carbonyl (C=O) groups excluding carboxylic acids is 1. The zero-order valence-corrected chi connectivity index (χ0v) is 18.6. The van der Waals surface area contributed by atoms with Crippen molar-refractivity contribution in [2.75, 3.05) is 13.1 Å². The molecule has 0 aromatic heterocycles. The molecule has 0 aliphatic carbocycles. The minimum Gasteiger partial charge on any atom is -0.349 e. The van der Waals surface area contributed by atoms with Crippen LogP contribution in [0.4, 0.5) is 0 Å². The summed E-state index contributed by atoms with van der Waals surface area (Å²) in [4.78, 5) is 13.0. The number of benzene rings is 2. The Balaban J connectivity index is 1.61. The van der Waals surface area contributed by atoms with Crippen LogP contribution in [0, 0.1) is 19.8 Å². The van der Waals surface area contributed by atoms with E-state index < -0.39 is 10.0 Å². The van der Waals surface area contributed by atoms with E-state index in [9.17, 15) is 13.2 Å². The van der Waals surface area contributed by atoms with Crippen LogP contribution >= 0.6 is 11.6 Å². The molecule has 1 atom stereocenters. The van der Waals surface area contributed by atoms with E-state index in [4.69, 9.17) is 11.6 Å². The van der Waals surface area contributed by atoms with Gasteiger partial charge < -0.3 is 5.32 Å². The maximum Gasteiger partial charge on any atom is 0.243 e. The average molecular weight is 435 g/mol. The Morgan fingerprint density at radius 3 is 2.34 bits per heavy atom. The third-order valence-corrected chi connectivity index (χ3v) is 7.81. The third-order valence-electron chi connectivity index (χ3n) is 5.51. The maximum atomic E-state index is 13.0. The van der Waals surface area contributed by atoms with Crippen LogP contribution in [0.5, 0.6) is 0 Å². The van der Waals surface area contributed by atoms with E-state index in [0.29, 0.717) is 35.8 Å². The van der Waals surface area contributed by atoms with Gasteiger partial charge in [0.2, 0.25) is 15.9 Å². The number of piperidine rings is 1. The van der Waals surface area contributed by atoms with Gasteiger partial charge in [0, 0.05) is 24.0 Å². The molecule has 1 N–H and O–H groups in total. The summed E-state index contributed by atoms with van der Waals surface area (Å²) in [5.41, 5.74) is 2.64. The van der Waals surface area contributed by atoms with Gasteiger partial charge in [-0.05, 0) is 68.5 Å². The van der Waals surface area contributed by atoms with Crippen LogP contribution in [0.3, 0.4) is 0 Å². The van der Waals surface area contributed by atoms with E-state index >= 15 is 0 Å². The van der Waals surface area contributed by atoms with E-state index in [0.717, 1.165) is 16.7 Å². The lowest BCUT2D eigenvalue weighted by Crippen LogP contribution is -2.43. The number of aryl methyl sites for hydroxylation is 2. The van der Waals surface area contributed by atoms with Gasteiger partial charge in [0.15, 0.2) is 0 Å². The number of rotatable bonds is 5. The second-order valence-electron chi connectivity index (χ2n) is 7.73. The number of halogens is 1. The molecule has 1 heterocycles. The first kappa shape index (κ1) is 21.8. The van der Waals surface area contributed by atoms with Crippen molar-refractivity contribution in [1.82, 2.24) is 9.62 Å². The Bertz CT molecular complexity index is 982. The van der Waals surface area contributed by atoms with Crippen LogP contribution in [0.15, 0.2) is 47.4 Å². The van der Waals surface area contributed by atoms with Crippen molar-refractivity contribution in [2.24, 2.45) is 5.92 Å². The fourth-order valence-electron chi connectivity index (χ4n) is 3.65. The molecule has 0 spiro atoms. The zero-order valence-electron chi connectivity index (χ0n) is 17.0. The van der Waals surface area contributed by atoms with E-state index in [-0.39, 0.29) is 17.9 Å². The third kappa shape index (κ3) is 5.00. The minimum atomic E-state index is -3.55. The smallest absolute Gasteiger partial charge is 0.243 e. The monoisotopic (exact) mass is 434 g/mol. The van der Waals surface area contributed by atoms with Gasteiger partial charge in [-0.2, -0.15) is 4.31 Å². The summed E-state index contributed by atoms with van der Waals surface area (Å²) in [5, 5.41) is 3.69. The lowest BCUT2D eigenvalue weighted by molar-refractivity contribution is -0.126.